The number of fused-ring (bicyclic) bond motifs is 4. The molecule has 3 N–H and O–H groups in total. The lowest BCUT2D eigenvalue weighted by Gasteiger charge is -2.12. The summed E-state index contributed by atoms with van der Waals surface area (Å²) in [7, 11) is 0. The predicted molar refractivity (Wildman–Crippen MR) is 143 cm³/mol. The molecule has 0 aliphatic carbocycles. The predicted octanol–water partition coefficient (Wildman–Crippen LogP) is 3.30. The number of ether oxygens (including phenoxy) is 1. The monoisotopic (exact) mass is 522 g/mol. The molecule has 0 radical (unpaired) electrons. The second kappa shape index (κ2) is 9.15. The van der Waals surface area contributed by atoms with Crippen LogP contribution in [-0.4, -0.2) is 41.9 Å². The number of nitrogens with zero attached hydrogens (tertiary/aromatic N) is 5. The highest BCUT2D eigenvalue weighted by molar-refractivity contribution is 5.93. The fourth-order valence-corrected chi connectivity index (χ4v) is 4.84. The molecule has 196 valence electrons. The number of primary amides is 1. The van der Waals surface area contributed by atoms with Crippen molar-refractivity contribution < 1.29 is 19.2 Å². The van der Waals surface area contributed by atoms with Gasteiger partial charge in [0.25, 0.3) is 5.91 Å². The highest BCUT2D eigenvalue weighted by Crippen LogP contribution is 2.35. The Bertz CT molecular complexity index is 1810. The molecule has 0 unspecified atom stereocenters. The van der Waals surface area contributed by atoms with Gasteiger partial charge in [-0.2, -0.15) is 0 Å². The van der Waals surface area contributed by atoms with Gasteiger partial charge in [-0.05, 0) is 51.1 Å². The molecule has 3 aromatic heterocycles. The summed E-state index contributed by atoms with van der Waals surface area (Å²) in [5.41, 5.74) is 8.67. The van der Waals surface area contributed by atoms with E-state index in [2.05, 4.69) is 22.0 Å². The van der Waals surface area contributed by atoms with Crippen LogP contribution in [0.4, 0.5) is 0 Å². The number of carbonyl (C=O) groups excluding carboxylic acids is 1. The normalized spacial score (nSPS) is 13.9. The number of aromatic nitrogens is 5. The minimum Gasteiger partial charge on any atom is -0.491 e. The second-order valence-corrected chi connectivity index (χ2v) is 9.68. The average molecular weight is 523 g/mol. The number of imidazole rings is 2. The Morgan fingerprint density at radius 2 is 2.00 bits per heavy atom. The van der Waals surface area contributed by atoms with E-state index in [4.69, 9.17) is 20.0 Å². The van der Waals surface area contributed by atoms with E-state index in [9.17, 15) is 9.90 Å². The summed E-state index contributed by atoms with van der Waals surface area (Å²) in [5, 5.41) is 14.7. The Kier molecular flexibility index (Phi) is 5.74. The van der Waals surface area contributed by atoms with Crippen molar-refractivity contribution in [2.24, 2.45) is 5.73 Å². The summed E-state index contributed by atoms with van der Waals surface area (Å²) in [6.07, 6.45) is 0. The van der Waals surface area contributed by atoms with Gasteiger partial charge in [0.1, 0.15) is 35.5 Å². The zero-order chi connectivity index (χ0) is 27.3. The summed E-state index contributed by atoms with van der Waals surface area (Å²) in [6.45, 7) is 6.47. The summed E-state index contributed by atoms with van der Waals surface area (Å²) in [5.74, 6) is 7.88. The number of hydrogen-bond donors (Lipinski definition) is 2. The van der Waals surface area contributed by atoms with Crippen molar-refractivity contribution in [2.45, 2.75) is 39.5 Å². The smallest absolute Gasteiger partial charge is 0.269 e. The maximum atomic E-state index is 12.6. The quantitative estimate of drug-likeness (QED) is 0.346. The molecule has 4 heterocycles. The van der Waals surface area contributed by atoms with Crippen LogP contribution in [0.3, 0.4) is 0 Å². The Morgan fingerprint density at radius 1 is 1.18 bits per heavy atom. The van der Waals surface area contributed by atoms with Crippen molar-refractivity contribution >= 4 is 16.9 Å². The minimum atomic E-state index is -1.50. The molecule has 10 nitrogen and oxygen atoms in total. The fraction of sp³-hybridized carbons (Fsp3) is 0.241. The topological polar surface area (TPSA) is 134 Å². The average Bonchev–Trinajstić information content (AvgIpc) is 3.56. The summed E-state index contributed by atoms with van der Waals surface area (Å²) >= 11 is 0. The second-order valence-electron chi connectivity index (χ2n) is 9.68. The number of nitrogens with two attached hydrogens (primary N) is 1. The minimum absolute atomic E-state index is 0.204. The Hall–Kier alpha value is -4.88. The van der Waals surface area contributed by atoms with Gasteiger partial charge in [-0.1, -0.05) is 29.1 Å². The lowest BCUT2D eigenvalue weighted by Crippen LogP contribution is -2.19. The summed E-state index contributed by atoms with van der Waals surface area (Å²) in [6, 6.07) is 15.0. The number of hydrogen-bond acceptors (Lipinski definition) is 7. The van der Waals surface area contributed by atoms with E-state index in [1.807, 2.05) is 58.5 Å². The number of aryl methyl sites for hydroxylation is 2. The molecule has 5 aromatic rings. The number of amides is 1. The van der Waals surface area contributed by atoms with Gasteiger partial charge in [-0.3, -0.25) is 4.79 Å². The third-order valence-corrected chi connectivity index (χ3v) is 6.83. The standard InChI is InChI=1S/C29H26N6O4/c1-17-14-25(33-39-17)29(3,37)11-10-19-8-9-24-20(15-19)28-32-26(27(30)36)23(34(28)12-13-38-24)16-35-18(2)31-21-6-4-5-7-22(21)35/h4-9,14-15,37H,12-13,16H2,1-3H3,(H2,30,36)/t29-/m1/s1. The molecule has 0 bridgehead atoms. The van der Waals surface area contributed by atoms with Crippen molar-refractivity contribution in [3.63, 3.8) is 0 Å². The highest BCUT2D eigenvalue weighted by atomic mass is 16.5. The Morgan fingerprint density at radius 3 is 2.77 bits per heavy atom. The van der Waals surface area contributed by atoms with E-state index in [1.54, 1.807) is 19.9 Å². The van der Waals surface area contributed by atoms with Crippen LogP contribution in [0.1, 0.15) is 45.9 Å². The largest absolute Gasteiger partial charge is 0.491 e. The number of benzene rings is 2. The van der Waals surface area contributed by atoms with Crippen LogP contribution in [0.25, 0.3) is 22.4 Å². The molecule has 2 aromatic carbocycles. The number of aliphatic hydroxyl groups is 1. The van der Waals surface area contributed by atoms with Crippen LogP contribution >= 0.6 is 0 Å². The first-order valence-corrected chi connectivity index (χ1v) is 12.5. The molecule has 0 fully saturated rings. The van der Waals surface area contributed by atoms with Gasteiger partial charge in [-0.15, -0.1) is 0 Å². The van der Waals surface area contributed by atoms with E-state index in [-0.39, 0.29) is 5.69 Å². The van der Waals surface area contributed by atoms with Gasteiger partial charge in [0.05, 0.1) is 35.4 Å². The van der Waals surface area contributed by atoms with Crippen molar-refractivity contribution in [1.82, 2.24) is 24.3 Å². The molecule has 1 atom stereocenters. The SMILES string of the molecule is Cc1cc([C@](C)(O)C#Cc2ccc3c(c2)-c2nc(C(N)=O)c(Cn4c(C)nc5ccccc54)n2CCO3)no1. The summed E-state index contributed by atoms with van der Waals surface area (Å²) in [4.78, 5) is 21.9. The van der Waals surface area contributed by atoms with Gasteiger partial charge in [0.2, 0.25) is 0 Å². The molecule has 6 rings (SSSR count). The van der Waals surface area contributed by atoms with Gasteiger partial charge in [0.15, 0.2) is 11.3 Å². The van der Waals surface area contributed by atoms with Crippen LogP contribution in [-0.2, 0) is 18.7 Å². The van der Waals surface area contributed by atoms with Crippen LogP contribution in [0, 0.1) is 25.7 Å². The molecule has 1 amide bonds. The van der Waals surface area contributed by atoms with Crippen molar-refractivity contribution in [1.29, 1.82) is 0 Å². The highest BCUT2D eigenvalue weighted by Gasteiger charge is 2.27. The van der Waals surface area contributed by atoms with Crippen molar-refractivity contribution in [3.8, 4) is 29.0 Å². The molecular formula is C29H26N6O4. The Balaban J connectivity index is 1.44. The fourth-order valence-electron chi connectivity index (χ4n) is 4.84. The third kappa shape index (κ3) is 4.32. The molecule has 0 saturated heterocycles. The zero-order valence-corrected chi connectivity index (χ0v) is 21.7. The van der Waals surface area contributed by atoms with Gasteiger partial charge < -0.3 is 29.2 Å². The van der Waals surface area contributed by atoms with Crippen LogP contribution in [0.15, 0.2) is 53.1 Å². The molecule has 1 aliphatic rings. The van der Waals surface area contributed by atoms with E-state index in [1.165, 1.54) is 0 Å². The van der Waals surface area contributed by atoms with E-state index in [0.717, 1.165) is 16.9 Å². The van der Waals surface area contributed by atoms with E-state index >= 15 is 0 Å². The lowest BCUT2D eigenvalue weighted by atomic mass is 10.0. The zero-order valence-electron chi connectivity index (χ0n) is 21.7. The summed E-state index contributed by atoms with van der Waals surface area (Å²) < 4.78 is 15.1. The van der Waals surface area contributed by atoms with Crippen molar-refractivity contribution in [2.75, 3.05) is 6.61 Å². The maximum absolute atomic E-state index is 12.6. The first-order chi connectivity index (χ1) is 18.7. The van der Waals surface area contributed by atoms with Crippen LogP contribution in [0.5, 0.6) is 5.75 Å². The molecule has 1 aliphatic heterocycles. The number of para-hydroxylation sites is 2. The first-order valence-electron chi connectivity index (χ1n) is 12.5. The van der Waals surface area contributed by atoms with Crippen LogP contribution in [0.2, 0.25) is 0 Å². The first kappa shape index (κ1) is 24.5. The van der Waals surface area contributed by atoms with E-state index < -0.39 is 11.5 Å². The number of carbonyl (C=O) groups is 1. The number of rotatable bonds is 4. The van der Waals surface area contributed by atoms with Gasteiger partial charge in [0, 0.05) is 11.6 Å². The maximum Gasteiger partial charge on any atom is 0.269 e. The van der Waals surface area contributed by atoms with E-state index in [0.29, 0.717) is 59.5 Å². The van der Waals surface area contributed by atoms with Crippen LogP contribution < -0.4 is 10.5 Å². The molecule has 0 saturated carbocycles. The molecule has 0 spiro atoms. The lowest BCUT2D eigenvalue weighted by molar-refractivity contribution is 0.0994. The molecule has 10 heteroatoms. The van der Waals surface area contributed by atoms with Gasteiger partial charge >= 0.3 is 0 Å². The molecule has 39 heavy (non-hydrogen) atoms. The molecular weight excluding hydrogens is 496 g/mol. The van der Waals surface area contributed by atoms with Gasteiger partial charge in [-0.25, -0.2) is 9.97 Å². The van der Waals surface area contributed by atoms with Crippen molar-refractivity contribution in [3.05, 3.63) is 82.8 Å². The Labute approximate surface area is 224 Å². The third-order valence-electron chi connectivity index (χ3n) is 6.83.